The van der Waals surface area contributed by atoms with Crippen molar-refractivity contribution in [2.24, 2.45) is 0 Å². The third-order valence-corrected chi connectivity index (χ3v) is 4.88. The average Bonchev–Trinajstić information content (AvgIpc) is 3.36. The van der Waals surface area contributed by atoms with Crippen LogP contribution in [0.25, 0.3) is 33.3 Å². The third kappa shape index (κ3) is 2.80. The maximum Gasteiger partial charge on any atom is 0.243 e. The van der Waals surface area contributed by atoms with Crippen LogP contribution in [-0.4, -0.2) is 47.7 Å². The van der Waals surface area contributed by atoms with Gasteiger partial charge in [-0.05, 0) is 31.2 Å². The van der Waals surface area contributed by atoms with E-state index in [0.717, 1.165) is 65.4 Å². The molecule has 5 rings (SSSR count). The summed E-state index contributed by atoms with van der Waals surface area (Å²) in [4.78, 5) is 15.2. The Balaban J connectivity index is 1.68. The number of rotatable bonds is 4. The van der Waals surface area contributed by atoms with Crippen LogP contribution < -0.4 is 15.0 Å². The number of aromatic nitrogens is 3. The van der Waals surface area contributed by atoms with Crippen molar-refractivity contribution in [3.63, 3.8) is 0 Å². The highest BCUT2D eigenvalue weighted by Gasteiger charge is 2.19. The van der Waals surface area contributed by atoms with Gasteiger partial charge in [-0.1, -0.05) is 6.07 Å². The minimum Gasteiger partial charge on any atom is -0.476 e. The Morgan fingerprint density at radius 2 is 2.07 bits per heavy atom. The summed E-state index contributed by atoms with van der Waals surface area (Å²) in [5.41, 5.74) is 3.74. The molecule has 7 nitrogen and oxygen atoms in total. The fraction of sp³-hybridized carbons (Fsp3) is 0.300. The van der Waals surface area contributed by atoms with Crippen molar-refractivity contribution in [2.45, 2.75) is 6.92 Å². The molecule has 1 fully saturated rings. The Kier molecular flexibility index (Phi) is 3.94. The number of aromatic amines is 1. The van der Waals surface area contributed by atoms with Crippen molar-refractivity contribution >= 4 is 27.9 Å². The molecule has 27 heavy (non-hydrogen) atoms. The van der Waals surface area contributed by atoms with Crippen LogP contribution in [0.3, 0.4) is 0 Å². The number of fused-ring (bicyclic) bond motifs is 3. The van der Waals surface area contributed by atoms with Crippen molar-refractivity contribution in [3.05, 3.63) is 36.6 Å². The Labute approximate surface area is 156 Å². The fourth-order valence-electron chi connectivity index (χ4n) is 3.57. The van der Waals surface area contributed by atoms with Gasteiger partial charge in [0.2, 0.25) is 11.8 Å². The number of H-pyrrole nitrogens is 1. The first kappa shape index (κ1) is 16.1. The normalized spacial score (nSPS) is 14.9. The largest absolute Gasteiger partial charge is 0.476 e. The second-order valence-electron chi connectivity index (χ2n) is 6.59. The van der Waals surface area contributed by atoms with Crippen molar-refractivity contribution in [1.82, 2.24) is 20.3 Å². The van der Waals surface area contributed by atoms with Gasteiger partial charge >= 0.3 is 0 Å². The molecule has 4 aromatic rings. The number of nitrogens with one attached hydrogen (secondary N) is 2. The van der Waals surface area contributed by atoms with Crippen LogP contribution in [0.5, 0.6) is 5.88 Å². The van der Waals surface area contributed by atoms with Gasteiger partial charge in [0.25, 0.3) is 0 Å². The van der Waals surface area contributed by atoms with Crippen molar-refractivity contribution in [1.29, 1.82) is 0 Å². The summed E-state index contributed by atoms with van der Waals surface area (Å²) < 4.78 is 11.4. The van der Waals surface area contributed by atoms with E-state index in [4.69, 9.17) is 19.1 Å². The lowest BCUT2D eigenvalue weighted by Crippen LogP contribution is -2.44. The molecule has 7 heteroatoms. The van der Waals surface area contributed by atoms with E-state index in [0.29, 0.717) is 12.5 Å². The summed E-state index contributed by atoms with van der Waals surface area (Å²) in [6, 6.07) is 10.1. The molecule has 1 aromatic carbocycles. The molecule has 3 aromatic heterocycles. The van der Waals surface area contributed by atoms with Gasteiger partial charge in [-0.3, -0.25) is 0 Å². The van der Waals surface area contributed by atoms with Crippen LogP contribution in [0.1, 0.15) is 6.92 Å². The summed E-state index contributed by atoms with van der Waals surface area (Å²) in [6.07, 6.45) is 1.68. The van der Waals surface area contributed by atoms with Crippen molar-refractivity contribution in [2.75, 3.05) is 37.7 Å². The summed E-state index contributed by atoms with van der Waals surface area (Å²) in [6.45, 7) is 6.18. The van der Waals surface area contributed by atoms with Crippen molar-refractivity contribution < 1.29 is 9.15 Å². The molecule has 0 saturated carbocycles. The first-order chi connectivity index (χ1) is 13.3. The standard InChI is InChI=1S/C20H21N5O2/c1-2-26-19-18-17(23-20(24-19)25-9-7-21-8-10-25)14-6-5-13(12-15(14)22-18)16-4-3-11-27-16/h3-6,11-12,21-22H,2,7-10H2,1H3. The summed E-state index contributed by atoms with van der Waals surface area (Å²) >= 11 is 0. The molecule has 2 N–H and O–H groups in total. The second kappa shape index (κ2) is 6.59. The van der Waals surface area contributed by atoms with Crippen LogP contribution in [-0.2, 0) is 0 Å². The second-order valence-corrected chi connectivity index (χ2v) is 6.59. The minimum atomic E-state index is 0.556. The first-order valence-corrected chi connectivity index (χ1v) is 9.29. The molecule has 0 spiro atoms. The summed E-state index contributed by atoms with van der Waals surface area (Å²) in [5.74, 6) is 2.17. The number of piperazine rings is 1. The number of hydrogen-bond donors (Lipinski definition) is 2. The number of nitrogens with zero attached hydrogens (tertiary/aromatic N) is 3. The average molecular weight is 363 g/mol. The highest BCUT2D eigenvalue weighted by Crippen LogP contribution is 2.33. The predicted molar refractivity (Wildman–Crippen MR) is 105 cm³/mol. The molecule has 1 saturated heterocycles. The van der Waals surface area contributed by atoms with E-state index >= 15 is 0 Å². The van der Waals surface area contributed by atoms with Gasteiger partial charge in [0.05, 0.1) is 12.9 Å². The van der Waals surface area contributed by atoms with E-state index in [1.165, 1.54) is 0 Å². The van der Waals surface area contributed by atoms with Gasteiger partial charge in [0.15, 0.2) is 0 Å². The maximum atomic E-state index is 5.84. The minimum absolute atomic E-state index is 0.556. The number of benzene rings is 1. The zero-order valence-corrected chi connectivity index (χ0v) is 15.2. The van der Waals surface area contributed by atoms with E-state index < -0.39 is 0 Å². The van der Waals surface area contributed by atoms with Crippen LogP contribution >= 0.6 is 0 Å². The monoisotopic (exact) mass is 363 g/mol. The highest BCUT2D eigenvalue weighted by molar-refractivity contribution is 6.07. The number of hydrogen-bond acceptors (Lipinski definition) is 6. The van der Waals surface area contributed by atoms with Gasteiger partial charge in [-0.25, -0.2) is 4.98 Å². The Hall–Kier alpha value is -3.06. The first-order valence-electron chi connectivity index (χ1n) is 9.29. The molecule has 138 valence electrons. The molecule has 1 aliphatic rings. The van der Waals surface area contributed by atoms with E-state index in [9.17, 15) is 0 Å². The lowest BCUT2D eigenvalue weighted by Gasteiger charge is -2.27. The molecule has 0 radical (unpaired) electrons. The lowest BCUT2D eigenvalue weighted by atomic mass is 10.1. The molecular weight excluding hydrogens is 342 g/mol. The van der Waals surface area contributed by atoms with E-state index in [2.05, 4.69) is 33.4 Å². The van der Waals surface area contributed by atoms with Crippen LogP contribution in [0.4, 0.5) is 5.95 Å². The number of anilines is 1. The smallest absolute Gasteiger partial charge is 0.243 e. The zero-order chi connectivity index (χ0) is 18.2. The van der Waals surface area contributed by atoms with Gasteiger partial charge in [0.1, 0.15) is 16.8 Å². The van der Waals surface area contributed by atoms with Gasteiger partial charge in [-0.15, -0.1) is 0 Å². The SMILES string of the molecule is CCOc1nc(N2CCNCC2)nc2c1[nH]c1cc(-c3ccco3)ccc12. The number of ether oxygens (including phenoxy) is 1. The van der Waals surface area contributed by atoms with Gasteiger partial charge < -0.3 is 24.4 Å². The Morgan fingerprint density at radius 1 is 1.19 bits per heavy atom. The molecule has 0 bridgehead atoms. The molecular formula is C20H21N5O2. The summed E-state index contributed by atoms with van der Waals surface area (Å²) in [7, 11) is 0. The predicted octanol–water partition coefficient (Wildman–Crippen LogP) is 3.18. The highest BCUT2D eigenvalue weighted by atomic mass is 16.5. The molecule has 0 aliphatic carbocycles. The van der Waals surface area contributed by atoms with E-state index in [1.807, 2.05) is 19.1 Å². The molecule has 0 amide bonds. The number of furan rings is 1. The Bertz CT molecular complexity index is 1080. The fourth-order valence-corrected chi connectivity index (χ4v) is 3.57. The molecule has 0 atom stereocenters. The molecule has 1 aliphatic heterocycles. The molecule has 0 unspecified atom stereocenters. The van der Waals surface area contributed by atoms with E-state index in [-0.39, 0.29) is 0 Å². The topological polar surface area (TPSA) is 79.2 Å². The van der Waals surface area contributed by atoms with Crippen molar-refractivity contribution in [3.8, 4) is 17.2 Å². The molecule has 4 heterocycles. The summed E-state index contributed by atoms with van der Waals surface area (Å²) in [5, 5.41) is 4.42. The third-order valence-electron chi connectivity index (χ3n) is 4.88. The lowest BCUT2D eigenvalue weighted by molar-refractivity contribution is 0.330. The van der Waals surface area contributed by atoms with E-state index in [1.54, 1.807) is 6.26 Å². The van der Waals surface area contributed by atoms with Crippen LogP contribution in [0, 0.1) is 0 Å². The van der Waals surface area contributed by atoms with Gasteiger partial charge in [-0.2, -0.15) is 4.98 Å². The van der Waals surface area contributed by atoms with Gasteiger partial charge in [0, 0.05) is 42.6 Å². The quantitative estimate of drug-likeness (QED) is 0.580. The zero-order valence-electron chi connectivity index (χ0n) is 15.2. The maximum absolute atomic E-state index is 5.84. The van der Waals surface area contributed by atoms with Crippen LogP contribution in [0.15, 0.2) is 41.0 Å². The van der Waals surface area contributed by atoms with Crippen LogP contribution in [0.2, 0.25) is 0 Å². The Morgan fingerprint density at radius 3 is 2.85 bits per heavy atom.